The molecule has 0 radical (unpaired) electrons. The molecular formula is C25H19F2N3O3S2. The highest BCUT2D eigenvalue weighted by atomic mass is 32.2. The summed E-state index contributed by atoms with van der Waals surface area (Å²) in [6.45, 7) is 0.571. The molecule has 2 aromatic heterocycles. The average Bonchev–Trinajstić information content (AvgIpc) is 3.43. The summed E-state index contributed by atoms with van der Waals surface area (Å²) in [4.78, 5) is 19.2. The van der Waals surface area contributed by atoms with E-state index in [9.17, 15) is 22.0 Å². The number of carbonyl (C=O) groups is 1. The predicted octanol–water partition coefficient (Wildman–Crippen LogP) is 5.17. The fourth-order valence-electron chi connectivity index (χ4n) is 3.97. The molecule has 0 atom stereocenters. The number of pyridine rings is 1. The lowest BCUT2D eigenvalue weighted by Crippen LogP contribution is -2.27. The maximum absolute atomic E-state index is 14.2. The number of benzene rings is 2. The van der Waals surface area contributed by atoms with Gasteiger partial charge in [-0.15, -0.1) is 11.3 Å². The van der Waals surface area contributed by atoms with Crippen molar-refractivity contribution in [1.29, 1.82) is 0 Å². The van der Waals surface area contributed by atoms with Crippen LogP contribution in [0.4, 0.5) is 14.5 Å². The fourth-order valence-corrected chi connectivity index (χ4v) is 6.17. The highest BCUT2D eigenvalue weighted by Crippen LogP contribution is 2.37. The van der Waals surface area contributed by atoms with Crippen LogP contribution in [0.25, 0.3) is 20.9 Å². The Morgan fingerprint density at radius 1 is 0.971 bits per heavy atom. The summed E-state index contributed by atoms with van der Waals surface area (Å²) in [6.07, 6.45) is 2.99. The van der Waals surface area contributed by atoms with Gasteiger partial charge in [-0.3, -0.25) is 14.1 Å². The summed E-state index contributed by atoms with van der Waals surface area (Å²) < 4.78 is 54.2. The molecule has 2 aromatic carbocycles. The molecule has 0 aliphatic carbocycles. The number of halogens is 2. The maximum atomic E-state index is 14.2. The third-order valence-corrected chi connectivity index (χ3v) is 8.89. The van der Waals surface area contributed by atoms with Gasteiger partial charge in [0.15, 0.2) is 0 Å². The van der Waals surface area contributed by atoms with Crippen molar-refractivity contribution < 1.29 is 22.0 Å². The Hall–Kier alpha value is -3.63. The third kappa shape index (κ3) is 4.08. The van der Waals surface area contributed by atoms with E-state index in [4.69, 9.17) is 0 Å². The third-order valence-electron chi connectivity index (χ3n) is 5.88. The molecule has 35 heavy (non-hydrogen) atoms. The van der Waals surface area contributed by atoms with E-state index < -0.39 is 26.6 Å². The number of amides is 1. The van der Waals surface area contributed by atoms with Gasteiger partial charge in [0.2, 0.25) is 0 Å². The molecule has 0 saturated carbocycles. The molecule has 0 unspecified atom stereocenters. The van der Waals surface area contributed by atoms with Crippen molar-refractivity contribution in [1.82, 2.24) is 9.88 Å². The first-order valence-corrected chi connectivity index (χ1v) is 12.8. The van der Waals surface area contributed by atoms with Gasteiger partial charge >= 0.3 is 0 Å². The van der Waals surface area contributed by atoms with Crippen LogP contribution in [0.15, 0.2) is 71.9 Å². The summed E-state index contributed by atoms with van der Waals surface area (Å²) >= 11 is 1.51. The van der Waals surface area contributed by atoms with E-state index in [2.05, 4.69) is 4.98 Å². The topological polar surface area (TPSA) is 70.6 Å². The molecule has 10 heteroatoms. The summed E-state index contributed by atoms with van der Waals surface area (Å²) in [6, 6.07) is 13.6. The second-order valence-electron chi connectivity index (χ2n) is 8.18. The van der Waals surface area contributed by atoms with Crippen LogP contribution in [0.5, 0.6) is 0 Å². The van der Waals surface area contributed by atoms with Crippen LogP contribution >= 0.6 is 11.3 Å². The van der Waals surface area contributed by atoms with Gasteiger partial charge in [-0.2, -0.15) is 0 Å². The van der Waals surface area contributed by atoms with Gasteiger partial charge in [0.05, 0.1) is 11.9 Å². The summed E-state index contributed by atoms with van der Waals surface area (Å²) in [7, 11) is -1.20. The van der Waals surface area contributed by atoms with E-state index in [0.717, 1.165) is 37.3 Å². The molecule has 5 rings (SSSR count). The smallest absolute Gasteiger partial charge is 0.267 e. The quantitative estimate of drug-likeness (QED) is 0.371. The second kappa shape index (κ2) is 8.54. The number of hydrogen-bond donors (Lipinski definition) is 0. The van der Waals surface area contributed by atoms with Crippen molar-refractivity contribution in [3.8, 4) is 20.9 Å². The number of sulfonamides is 1. The highest BCUT2D eigenvalue weighted by molar-refractivity contribution is 7.92. The predicted molar refractivity (Wildman–Crippen MR) is 131 cm³/mol. The molecule has 1 aliphatic heterocycles. The molecule has 4 aromatic rings. The van der Waals surface area contributed by atoms with Gasteiger partial charge in [0.1, 0.15) is 16.5 Å². The van der Waals surface area contributed by atoms with Gasteiger partial charge in [0, 0.05) is 53.8 Å². The first-order chi connectivity index (χ1) is 16.6. The largest absolute Gasteiger partial charge is 0.337 e. The zero-order valence-corrected chi connectivity index (χ0v) is 20.3. The molecule has 3 heterocycles. The van der Waals surface area contributed by atoms with Crippen LogP contribution in [-0.2, 0) is 16.6 Å². The van der Waals surface area contributed by atoms with Gasteiger partial charge < -0.3 is 4.90 Å². The molecule has 1 amide bonds. The van der Waals surface area contributed by atoms with Crippen molar-refractivity contribution >= 4 is 33.0 Å². The van der Waals surface area contributed by atoms with E-state index in [-0.39, 0.29) is 11.6 Å². The monoisotopic (exact) mass is 511 g/mol. The van der Waals surface area contributed by atoms with Crippen molar-refractivity contribution in [2.45, 2.75) is 11.4 Å². The average molecular weight is 512 g/mol. The van der Waals surface area contributed by atoms with Crippen molar-refractivity contribution in [2.24, 2.45) is 0 Å². The van der Waals surface area contributed by atoms with Crippen LogP contribution in [0.1, 0.15) is 15.9 Å². The van der Waals surface area contributed by atoms with Crippen molar-refractivity contribution in [2.75, 3.05) is 18.4 Å². The Labute approximate surface area is 205 Å². The Morgan fingerprint density at radius 3 is 2.46 bits per heavy atom. The van der Waals surface area contributed by atoms with Gasteiger partial charge in [-0.1, -0.05) is 6.07 Å². The first kappa shape index (κ1) is 23.1. The molecule has 0 bridgehead atoms. The van der Waals surface area contributed by atoms with E-state index in [0.29, 0.717) is 23.7 Å². The lowest BCUT2D eigenvalue weighted by molar-refractivity contribution is 0.0816. The van der Waals surface area contributed by atoms with Crippen LogP contribution in [-0.4, -0.2) is 38.3 Å². The molecule has 0 saturated heterocycles. The summed E-state index contributed by atoms with van der Waals surface area (Å²) in [5.74, 6) is -2.00. The number of anilines is 1. The Morgan fingerprint density at radius 2 is 1.71 bits per heavy atom. The maximum Gasteiger partial charge on any atom is 0.267 e. The molecule has 6 nitrogen and oxygen atoms in total. The Kier molecular flexibility index (Phi) is 5.65. The van der Waals surface area contributed by atoms with E-state index in [1.807, 2.05) is 30.3 Å². The highest BCUT2D eigenvalue weighted by Gasteiger charge is 2.26. The molecule has 0 spiro atoms. The van der Waals surface area contributed by atoms with Crippen LogP contribution in [0.3, 0.4) is 0 Å². The van der Waals surface area contributed by atoms with Gasteiger partial charge in [-0.05, 0) is 53.6 Å². The second-order valence-corrected chi connectivity index (χ2v) is 11.2. The minimum absolute atomic E-state index is 0.0147. The summed E-state index contributed by atoms with van der Waals surface area (Å²) in [5.41, 5.74) is 3.61. The lowest BCUT2D eigenvalue weighted by Gasteiger charge is -2.20. The minimum Gasteiger partial charge on any atom is -0.337 e. The van der Waals surface area contributed by atoms with E-state index in [1.54, 1.807) is 24.2 Å². The lowest BCUT2D eigenvalue weighted by atomic mass is 10.1. The van der Waals surface area contributed by atoms with Gasteiger partial charge in [-0.25, -0.2) is 17.2 Å². The number of fused-ring (bicyclic) bond motifs is 1. The molecular weight excluding hydrogens is 492 g/mol. The number of thiophene rings is 1. The Bertz CT molecular complexity index is 1580. The van der Waals surface area contributed by atoms with Crippen LogP contribution in [0, 0.1) is 11.6 Å². The number of carbonyl (C=O) groups excluding carboxylic acids is 1. The van der Waals surface area contributed by atoms with Crippen molar-refractivity contribution in [3.63, 3.8) is 0 Å². The number of rotatable bonds is 5. The Balaban J connectivity index is 1.44. The standard InChI is InChI=1S/C25H19F2N3O3S2/c1-29-14-17-9-15(3-5-20(17)25(29)31)22-6-7-23(34-22)16-10-19(13-28-12-16)30(2)35(32,33)24-8-4-18(26)11-21(24)27/h3-13H,14H2,1-2H3. The van der Waals surface area contributed by atoms with Crippen molar-refractivity contribution in [3.05, 3.63) is 89.8 Å². The molecule has 0 fully saturated rings. The molecule has 0 N–H and O–H groups in total. The normalized spacial score (nSPS) is 13.3. The van der Waals surface area contributed by atoms with E-state index in [1.165, 1.54) is 24.6 Å². The van der Waals surface area contributed by atoms with Crippen LogP contribution < -0.4 is 4.31 Å². The zero-order valence-electron chi connectivity index (χ0n) is 18.7. The summed E-state index contributed by atoms with van der Waals surface area (Å²) in [5, 5.41) is 0. The minimum atomic E-state index is -4.27. The molecule has 1 aliphatic rings. The van der Waals surface area contributed by atoms with Crippen LogP contribution in [0.2, 0.25) is 0 Å². The first-order valence-electron chi connectivity index (χ1n) is 10.5. The number of nitrogens with zero attached hydrogens (tertiary/aromatic N) is 3. The molecule has 178 valence electrons. The van der Waals surface area contributed by atoms with Gasteiger partial charge in [0.25, 0.3) is 15.9 Å². The zero-order chi connectivity index (χ0) is 24.9. The number of aromatic nitrogens is 1. The number of hydrogen-bond acceptors (Lipinski definition) is 5. The fraction of sp³-hybridized carbons (Fsp3) is 0.120. The van der Waals surface area contributed by atoms with E-state index >= 15 is 0 Å². The SMILES string of the molecule is CN1Cc2cc(-c3ccc(-c4cncc(N(C)S(=O)(=O)c5ccc(F)cc5F)c4)s3)ccc2C1=O.